The van der Waals surface area contributed by atoms with Gasteiger partial charge in [0.1, 0.15) is 16.9 Å². The highest BCUT2D eigenvalue weighted by atomic mass is 16.3. The fraction of sp³-hybridized carbons (Fsp3) is 0.0364. The molecule has 11 aromatic rings. The molecule has 59 heavy (non-hydrogen) atoms. The Morgan fingerprint density at radius 3 is 1.80 bits per heavy atom. The fourth-order valence-electron chi connectivity index (χ4n) is 8.56. The summed E-state index contributed by atoms with van der Waals surface area (Å²) in [7, 11) is 0. The first-order valence-corrected chi connectivity index (χ1v) is 20.1. The molecule has 0 aliphatic heterocycles. The van der Waals surface area contributed by atoms with Crippen molar-refractivity contribution in [3.63, 3.8) is 0 Å². The molecular formula is C55H38N2O2. The highest BCUT2D eigenvalue weighted by Crippen LogP contribution is 2.42. The van der Waals surface area contributed by atoms with Gasteiger partial charge in [-0.3, -0.25) is 0 Å². The van der Waals surface area contributed by atoms with Gasteiger partial charge in [0.2, 0.25) is 5.89 Å². The molecule has 0 bridgehead atoms. The molecule has 280 valence electrons. The summed E-state index contributed by atoms with van der Waals surface area (Å²) in [6.07, 6.45) is 0.718. The van der Waals surface area contributed by atoms with Crippen molar-refractivity contribution in [1.82, 2.24) is 4.98 Å². The Morgan fingerprint density at radius 2 is 1.03 bits per heavy atom. The minimum absolute atomic E-state index is 0.187. The largest absolute Gasteiger partial charge is 0.459 e. The molecule has 2 aromatic heterocycles. The molecule has 2 heterocycles. The molecule has 0 N–H and O–H groups in total. The maximum atomic E-state index is 6.86. The van der Waals surface area contributed by atoms with Crippen molar-refractivity contribution < 1.29 is 8.83 Å². The summed E-state index contributed by atoms with van der Waals surface area (Å²) in [6, 6.07) is 75.0. The molecule has 0 saturated heterocycles. The Morgan fingerprint density at radius 1 is 0.424 bits per heavy atom. The highest BCUT2D eigenvalue weighted by molar-refractivity contribution is 6.13. The lowest BCUT2D eigenvalue weighted by Crippen LogP contribution is -2.25. The van der Waals surface area contributed by atoms with E-state index in [1.54, 1.807) is 0 Å². The molecule has 4 nitrogen and oxygen atoms in total. The van der Waals surface area contributed by atoms with Gasteiger partial charge in [0.25, 0.3) is 0 Å². The molecule has 0 radical (unpaired) electrons. The minimum Gasteiger partial charge on any atom is -0.459 e. The number of para-hydroxylation sites is 2. The number of fused-ring (bicyclic) bond motifs is 5. The lowest BCUT2D eigenvalue weighted by atomic mass is 9.93. The second-order valence-electron chi connectivity index (χ2n) is 15.1. The summed E-state index contributed by atoms with van der Waals surface area (Å²) in [5.41, 5.74) is 11.4. The zero-order valence-corrected chi connectivity index (χ0v) is 32.2. The van der Waals surface area contributed by atoms with E-state index in [0.29, 0.717) is 5.89 Å². The lowest BCUT2D eigenvalue weighted by Gasteiger charge is -2.33. The van der Waals surface area contributed by atoms with Crippen LogP contribution in [0.25, 0.3) is 77.3 Å². The summed E-state index contributed by atoms with van der Waals surface area (Å²) in [5, 5.41) is 6.00. The summed E-state index contributed by atoms with van der Waals surface area (Å²) < 4.78 is 13.0. The fourth-order valence-corrected chi connectivity index (χ4v) is 8.56. The second-order valence-corrected chi connectivity index (χ2v) is 15.1. The minimum atomic E-state index is -0.187. The van der Waals surface area contributed by atoms with Gasteiger partial charge in [-0.2, -0.15) is 0 Å². The monoisotopic (exact) mass is 758 g/mol. The predicted molar refractivity (Wildman–Crippen MR) is 243 cm³/mol. The number of hydrogen-bond acceptors (Lipinski definition) is 4. The average Bonchev–Trinajstić information content (AvgIpc) is 3.94. The third-order valence-electron chi connectivity index (χ3n) is 11.5. The number of rotatable bonds is 9. The van der Waals surface area contributed by atoms with Gasteiger partial charge in [0, 0.05) is 28.7 Å². The smallest absolute Gasteiger partial charge is 0.227 e. The van der Waals surface area contributed by atoms with E-state index in [1.165, 1.54) is 49.4 Å². The van der Waals surface area contributed by atoms with E-state index >= 15 is 0 Å². The molecule has 1 unspecified atom stereocenters. The number of anilines is 2. The molecular weight excluding hydrogens is 721 g/mol. The molecule has 4 heteroatoms. The maximum Gasteiger partial charge on any atom is 0.227 e. The van der Waals surface area contributed by atoms with Gasteiger partial charge in [0.05, 0.1) is 6.04 Å². The van der Waals surface area contributed by atoms with Gasteiger partial charge in [-0.05, 0) is 116 Å². The van der Waals surface area contributed by atoms with Crippen LogP contribution in [0.2, 0.25) is 0 Å². The molecule has 0 aliphatic carbocycles. The van der Waals surface area contributed by atoms with Crippen molar-refractivity contribution in [2.45, 2.75) is 12.5 Å². The van der Waals surface area contributed by atoms with E-state index in [4.69, 9.17) is 13.8 Å². The van der Waals surface area contributed by atoms with Gasteiger partial charge in [-0.25, -0.2) is 4.98 Å². The van der Waals surface area contributed by atoms with E-state index in [1.807, 2.05) is 36.4 Å². The van der Waals surface area contributed by atoms with E-state index in [2.05, 4.69) is 181 Å². The third kappa shape index (κ3) is 6.51. The summed E-state index contributed by atoms with van der Waals surface area (Å²) in [6.45, 7) is 0. The molecule has 0 amide bonds. The number of nitrogens with zero attached hydrogens (tertiary/aromatic N) is 2. The third-order valence-corrected chi connectivity index (χ3v) is 11.5. The topological polar surface area (TPSA) is 42.4 Å². The quantitative estimate of drug-likeness (QED) is 0.138. The Kier molecular flexibility index (Phi) is 8.59. The van der Waals surface area contributed by atoms with Crippen LogP contribution in [0.1, 0.15) is 17.4 Å². The van der Waals surface area contributed by atoms with Crippen LogP contribution in [0.5, 0.6) is 0 Å². The first kappa shape index (κ1) is 34.5. The van der Waals surface area contributed by atoms with E-state index in [9.17, 15) is 0 Å². The SMILES string of the molecule is c1ccc(CC(c2cc3cc(-c4nc5ccccc5o4)ccc3o2)N(c2ccc(-c3ccccc3)cc2)c2ccc(-c3cc4ccccc4c4ccccc34)cc2)cc1. The highest BCUT2D eigenvalue weighted by Gasteiger charge is 2.27. The van der Waals surface area contributed by atoms with Gasteiger partial charge >= 0.3 is 0 Å². The van der Waals surface area contributed by atoms with Gasteiger partial charge < -0.3 is 13.7 Å². The van der Waals surface area contributed by atoms with Crippen molar-refractivity contribution >= 4 is 55.0 Å². The van der Waals surface area contributed by atoms with Crippen molar-refractivity contribution in [3.05, 3.63) is 224 Å². The number of aromatic nitrogens is 1. The van der Waals surface area contributed by atoms with Gasteiger partial charge in [-0.1, -0.05) is 146 Å². The zero-order chi connectivity index (χ0) is 39.1. The van der Waals surface area contributed by atoms with Crippen LogP contribution in [0, 0.1) is 0 Å². The van der Waals surface area contributed by atoms with Gasteiger partial charge in [0.15, 0.2) is 5.58 Å². The van der Waals surface area contributed by atoms with Crippen molar-refractivity contribution in [2.75, 3.05) is 4.90 Å². The molecule has 9 aromatic carbocycles. The Bertz CT molecular complexity index is 3210. The van der Waals surface area contributed by atoms with Gasteiger partial charge in [-0.15, -0.1) is 0 Å². The van der Waals surface area contributed by atoms with Crippen LogP contribution in [0.3, 0.4) is 0 Å². The predicted octanol–water partition coefficient (Wildman–Crippen LogP) is 15.0. The van der Waals surface area contributed by atoms with Crippen molar-refractivity contribution in [1.29, 1.82) is 0 Å². The number of hydrogen-bond donors (Lipinski definition) is 0. The Hall–Kier alpha value is -7.69. The average molecular weight is 759 g/mol. The normalized spacial score (nSPS) is 12.1. The number of furan rings is 1. The van der Waals surface area contributed by atoms with Crippen LogP contribution in [-0.2, 0) is 6.42 Å². The Labute approximate surface area is 342 Å². The van der Waals surface area contributed by atoms with Crippen molar-refractivity contribution in [3.8, 4) is 33.7 Å². The molecule has 0 aliphatic rings. The van der Waals surface area contributed by atoms with Crippen LogP contribution in [0.15, 0.2) is 221 Å². The van der Waals surface area contributed by atoms with Crippen LogP contribution in [0.4, 0.5) is 11.4 Å². The van der Waals surface area contributed by atoms with Crippen LogP contribution < -0.4 is 4.90 Å². The standard InChI is InChI=1S/C55H38N2O2/c1-3-13-37(14-4-1)33-51(54-36-43-34-42(27-32-52(43)58-54)55-56-50-21-11-12-22-53(50)59-55)57(44-28-23-39(24-29-44)38-15-5-2-6-16-38)45-30-25-40(26-31-45)49-35-41-17-7-8-18-46(41)47-19-9-10-20-48(47)49/h1-32,34-36,51H,33H2. The maximum absolute atomic E-state index is 6.86. The van der Waals surface area contributed by atoms with Crippen molar-refractivity contribution in [2.24, 2.45) is 0 Å². The first-order valence-electron chi connectivity index (χ1n) is 20.1. The zero-order valence-electron chi connectivity index (χ0n) is 32.2. The van der Waals surface area contributed by atoms with E-state index in [0.717, 1.165) is 51.2 Å². The molecule has 1 atom stereocenters. The summed E-state index contributed by atoms with van der Waals surface area (Å²) in [4.78, 5) is 7.21. The number of oxazole rings is 1. The molecule has 0 spiro atoms. The molecule has 0 saturated carbocycles. The summed E-state index contributed by atoms with van der Waals surface area (Å²) in [5.74, 6) is 1.46. The second kappa shape index (κ2) is 14.7. The summed E-state index contributed by atoms with van der Waals surface area (Å²) >= 11 is 0. The van der Waals surface area contributed by atoms with E-state index < -0.39 is 0 Å². The number of benzene rings is 9. The van der Waals surface area contributed by atoms with Crippen LogP contribution >= 0.6 is 0 Å². The Balaban J connectivity index is 1.05. The molecule has 11 rings (SSSR count). The van der Waals surface area contributed by atoms with Crippen LogP contribution in [-0.4, -0.2) is 4.98 Å². The first-order chi connectivity index (χ1) is 29.2. The molecule has 0 fully saturated rings. The lowest BCUT2D eigenvalue weighted by molar-refractivity contribution is 0.489. The van der Waals surface area contributed by atoms with E-state index in [-0.39, 0.29) is 6.04 Å².